The summed E-state index contributed by atoms with van der Waals surface area (Å²) < 4.78 is 1.91. The van der Waals surface area contributed by atoms with Crippen LogP contribution in [0.5, 0.6) is 0 Å². The van der Waals surface area contributed by atoms with E-state index < -0.39 is 0 Å². The van der Waals surface area contributed by atoms with Crippen LogP contribution in [0, 0.1) is 0 Å². The summed E-state index contributed by atoms with van der Waals surface area (Å²) in [6.07, 6.45) is 8.48. The van der Waals surface area contributed by atoms with E-state index in [0.29, 0.717) is 12.1 Å². The first kappa shape index (κ1) is 17.9. The Morgan fingerprint density at radius 3 is 2.76 bits per heavy atom. The molecular formula is C20H31N5. The molecule has 1 aliphatic rings. The van der Waals surface area contributed by atoms with Gasteiger partial charge >= 0.3 is 0 Å². The predicted molar refractivity (Wildman–Crippen MR) is 105 cm³/mol. The van der Waals surface area contributed by atoms with Gasteiger partial charge in [-0.2, -0.15) is 9.61 Å². The number of nitrogens with one attached hydrogen (secondary N) is 2. The van der Waals surface area contributed by atoms with Gasteiger partial charge in [0.15, 0.2) is 5.65 Å². The maximum Gasteiger partial charge on any atom is 0.157 e. The van der Waals surface area contributed by atoms with Gasteiger partial charge in [-0.1, -0.05) is 13.0 Å². The lowest BCUT2D eigenvalue weighted by Gasteiger charge is -2.26. The van der Waals surface area contributed by atoms with Crippen molar-refractivity contribution in [3.8, 4) is 0 Å². The van der Waals surface area contributed by atoms with Gasteiger partial charge in [0.2, 0.25) is 0 Å². The number of nitrogens with zero attached hydrogens (tertiary/aromatic N) is 3. The molecule has 0 amide bonds. The zero-order valence-corrected chi connectivity index (χ0v) is 16.1. The van der Waals surface area contributed by atoms with Crippen LogP contribution in [-0.4, -0.2) is 32.2 Å². The fourth-order valence-electron chi connectivity index (χ4n) is 3.78. The molecule has 0 saturated heterocycles. The summed E-state index contributed by atoms with van der Waals surface area (Å²) in [6.45, 7) is 11.0. The number of fused-ring (bicyclic) bond motifs is 1. The summed E-state index contributed by atoms with van der Waals surface area (Å²) in [6, 6.07) is 5.16. The molecule has 1 fully saturated rings. The molecule has 1 aliphatic carbocycles. The number of hydrogen-bond donors (Lipinski definition) is 2. The molecule has 25 heavy (non-hydrogen) atoms. The Morgan fingerprint density at radius 1 is 1.32 bits per heavy atom. The monoisotopic (exact) mass is 341 g/mol. The minimum absolute atomic E-state index is 0.167. The Labute approximate surface area is 150 Å². The Balaban J connectivity index is 1.80. The van der Waals surface area contributed by atoms with E-state index in [-0.39, 0.29) is 5.54 Å². The first-order chi connectivity index (χ1) is 11.9. The molecule has 0 aliphatic heterocycles. The molecule has 2 aromatic heterocycles. The summed E-state index contributed by atoms with van der Waals surface area (Å²) in [7, 11) is 0. The maximum atomic E-state index is 4.76. The van der Waals surface area contributed by atoms with Crippen molar-refractivity contribution in [3.05, 3.63) is 30.1 Å². The van der Waals surface area contributed by atoms with E-state index >= 15 is 0 Å². The Morgan fingerprint density at radius 2 is 2.08 bits per heavy atom. The van der Waals surface area contributed by atoms with Crippen LogP contribution in [0.3, 0.4) is 0 Å². The molecule has 0 radical (unpaired) electrons. The van der Waals surface area contributed by atoms with E-state index in [1.54, 1.807) is 0 Å². The van der Waals surface area contributed by atoms with Crippen LogP contribution >= 0.6 is 0 Å². The normalized spacial score (nSPS) is 21.9. The minimum Gasteiger partial charge on any atom is -0.367 e. The molecule has 2 N–H and O–H groups in total. The van der Waals surface area contributed by atoms with E-state index in [9.17, 15) is 0 Å². The molecular weight excluding hydrogens is 310 g/mol. The average molecular weight is 342 g/mol. The van der Waals surface area contributed by atoms with Crippen LogP contribution in [0.4, 0.5) is 5.82 Å². The van der Waals surface area contributed by atoms with Gasteiger partial charge in [0, 0.05) is 29.8 Å². The first-order valence-electron chi connectivity index (χ1n) is 9.44. The number of rotatable bonds is 5. The van der Waals surface area contributed by atoms with Crippen molar-refractivity contribution in [1.82, 2.24) is 19.9 Å². The molecule has 5 heteroatoms. The highest BCUT2D eigenvalue weighted by molar-refractivity contribution is 5.67. The van der Waals surface area contributed by atoms with Gasteiger partial charge < -0.3 is 10.6 Å². The second-order valence-corrected chi connectivity index (χ2v) is 8.04. The van der Waals surface area contributed by atoms with Crippen LogP contribution in [-0.2, 0) is 0 Å². The van der Waals surface area contributed by atoms with E-state index in [4.69, 9.17) is 4.98 Å². The number of allylic oxidation sites excluding steroid dienone is 2. The van der Waals surface area contributed by atoms with Crippen molar-refractivity contribution in [1.29, 1.82) is 0 Å². The third-order valence-corrected chi connectivity index (χ3v) is 4.84. The molecule has 3 rings (SSSR count). The van der Waals surface area contributed by atoms with Gasteiger partial charge in [-0.05, 0) is 59.0 Å². The van der Waals surface area contributed by atoms with Gasteiger partial charge in [-0.3, -0.25) is 0 Å². The summed E-state index contributed by atoms with van der Waals surface area (Å²) in [5.74, 6) is 1.04. The SMILES string of the molecule is C/C=C(\CC)c1cc(N[C@H]2CC[C@H](NC(C)(C)C)C2)n2nccc2n1. The molecule has 0 unspecified atom stereocenters. The van der Waals surface area contributed by atoms with Crippen molar-refractivity contribution in [2.24, 2.45) is 0 Å². The van der Waals surface area contributed by atoms with Gasteiger partial charge in [0.25, 0.3) is 0 Å². The lowest BCUT2D eigenvalue weighted by molar-refractivity contribution is 0.360. The molecule has 0 bridgehead atoms. The van der Waals surface area contributed by atoms with Crippen LogP contribution in [0.25, 0.3) is 11.2 Å². The third-order valence-electron chi connectivity index (χ3n) is 4.84. The van der Waals surface area contributed by atoms with Crippen molar-refractivity contribution in [3.63, 3.8) is 0 Å². The highest BCUT2D eigenvalue weighted by Gasteiger charge is 2.28. The third kappa shape index (κ3) is 4.21. The van der Waals surface area contributed by atoms with Crippen LogP contribution in [0.1, 0.15) is 66.0 Å². The van der Waals surface area contributed by atoms with Gasteiger partial charge in [0.05, 0.1) is 11.9 Å². The molecule has 2 heterocycles. The van der Waals surface area contributed by atoms with Crippen molar-refractivity contribution in [2.75, 3.05) is 5.32 Å². The highest BCUT2D eigenvalue weighted by Crippen LogP contribution is 2.27. The lowest BCUT2D eigenvalue weighted by Crippen LogP contribution is -2.42. The molecule has 136 valence electrons. The zero-order chi connectivity index (χ0) is 18.0. The van der Waals surface area contributed by atoms with Crippen LogP contribution in [0.15, 0.2) is 24.4 Å². The smallest absolute Gasteiger partial charge is 0.157 e. The topological polar surface area (TPSA) is 54.2 Å². The highest BCUT2D eigenvalue weighted by atomic mass is 15.3. The van der Waals surface area contributed by atoms with Crippen LogP contribution in [0.2, 0.25) is 0 Å². The molecule has 0 aromatic carbocycles. The number of hydrogen-bond acceptors (Lipinski definition) is 4. The lowest BCUT2D eigenvalue weighted by atomic mass is 10.1. The van der Waals surface area contributed by atoms with Gasteiger partial charge in [-0.25, -0.2) is 4.98 Å². The van der Waals surface area contributed by atoms with Crippen molar-refractivity contribution in [2.45, 2.75) is 77.9 Å². The number of anilines is 1. The summed E-state index contributed by atoms with van der Waals surface area (Å²) >= 11 is 0. The second kappa shape index (κ2) is 7.16. The summed E-state index contributed by atoms with van der Waals surface area (Å²) in [5.41, 5.74) is 3.38. The Kier molecular flexibility index (Phi) is 5.13. The van der Waals surface area contributed by atoms with Gasteiger partial charge in [-0.15, -0.1) is 0 Å². The fourth-order valence-corrected chi connectivity index (χ4v) is 3.78. The van der Waals surface area contributed by atoms with Crippen LogP contribution < -0.4 is 10.6 Å². The largest absolute Gasteiger partial charge is 0.367 e. The van der Waals surface area contributed by atoms with Gasteiger partial charge in [0.1, 0.15) is 5.82 Å². The molecule has 5 nitrogen and oxygen atoms in total. The second-order valence-electron chi connectivity index (χ2n) is 8.04. The van der Waals surface area contributed by atoms with E-state index in [1.165, 1.54) is 18.4 Å². The van der Waals surface area contributed by atoms with E-state index in [0.717, 1.165) is 30.0 Å². The summed E-state index contributed by atoms with van der Waals surface area (Å²) in [4.78, 5) is 4.76. The quantitative estimate of drug-likeness (QED) is 0.853. The fraction of sp³-hybridized carbons (Fsp3) is 0.600. The Hall–Kier alpha value is -1.88. The van der Waals surface area contributed by atoms with E-state index in [2.05, 4.69) is 62.5 Å². The molecule has 2 atom stereocenters. The average Bonchev–Trinajstić information content (AvgIpc) is 3.16. The minimum atomic E-state index is 0.167. The molecule has 1 saturated carbocycles. The Bertz CT molecular complexity index is 753. The standard InChI is InChI=1S/C20H31N5/c1-6-14(7-2)17-13-19(25-18(23-17)10-11-21-25)22-15-8-9-16(12-15)24-20(3,4)5/h6,10-11,13,15-16,22,24H,7-9,12H2,1-5H3/b14-6+/t15-,16-/m0/s1. The molecule has 2 aromatic rings. The zero-order valence-electron chi connectivity index (χ0n) is 16.1. The number of aromatic nitrogens is 3. The maximum absolute atomic E-state index is 4.76. The van der Waals surface area contributed by atoms with E-state index in [1.807, 2.05) is 16.8 Å². The van der Waals surface area contributed by atoms with Crippen molar-refractivity contribution < 1.29 is 0 Å². The predicted octanol–water partition coefficient (Wildman–Crippen LogP) is 4.26. The van der Waals surface area contributed by atoms with Crippen molar-refractivity contribution >= 4 is 17.0 Å². The molecule has 0 spiro atoms. The first-order valence-corrected chi connectivity index (χ1v) is 9.44. The summed E-state index contributed by atoms with van der Waals surface area (Å²) in [5, 5.41) is 11.9.